The third-order valence-electron chi connectivity index (χ3n) is 2.42. The summed E-state index contributed by atoms with van der Waals surface area (Å²) in [6, 6.07) is 1.14. The average Bonchev–Trinajstić information content (AvgIpc) is 2.37. The molecular weight excluding hydrogens is 362 g/mol. The first-order valence-electron chi connectivity index (χ1n) is 6.45. The predicted molar refractivity (Wildman–Crippen MR) is 81.5 cm³/mol. The number of carbonyl (C=O) groups excluding carboxylic acids is 2. The Hall–Kier alpha value is -1.70. The van der Waals surface area contributed by atoms with Crippen molar-refractivity contribution < 1.29 is 23.1 Å². The second-order valence-corrected chi connectivity index (χ2v) is 6.37. The minimum atomic E-state index is -0.960. The number of amides is 2. The molecule has 0 spiro atoms. The van der Waals surface area contributed by atoms with Crippen LogP contribution in [0.1, 0.15) is 27.7 Å². The zero-order chi connectivity index (χ0) is 17.1. The van der Waals surface area contributed by atoms with Gasteiger partial charge in [0.1, 0.15) is 17.5 Å². The number of anilines is 1. The Morgan fingerprint density at radius 2 is 1.86 bits per heavy atom. The number of ether oxygens (including phenoxy) is 1. The van der Waals surface area contributed by atoms with E-state index in [0.29, 0.717) is 0 Å². The Morgan fingerprint density at radius 3 is 2.41 bits per heavy atom. The first-order chi connectivity index (χ1) is 10.0. The van der Waals surface area contributed by atoms with Gasteiger partial charge in [0, 0.05) is 0 Å². The molecule has 0 heterocycles. The van der Waals surface area contributed by atoms with Gasteiger partial charge in [-0.2, -0.15) is 0 Å². The second kappa shape index (κ2) is 7.04. The highest BCUT2D eigenvalue weighted by atomic mass is 79.9. The average molecular weight is 379 g/mol. The lowest BCUT2D eigenvalue weighted by Gasteiger charge is -2.21. The van der Waals surface area contributed by atoms with E-state index < -0.39 is 35.3 Å². The first-order valence-corrected chi connectivity index (χ1v) is 7.24. The van der Waals surface area contributed by atoms with Crippen molar-refractivity contribution >= 4 is 33.6 Å². The summed E-state index contributed by atoms with van der Waals surface area (Å²) < 4.78 is 31.5. The van der Waals surface area contributed by atoms with Crippen LogP contribution in [0.5, 0.6) is 0 Å². The Morgan fingerprint density at radius 1 is 1.27 bits per heavy atom. The molecule has 1 rings (SSSR count). The summed E-state index contributed by atoms with van der Waals surface area (Å²) in [5.74, 6) is -2.38. The summed E-state index contributed by atoms with van der Waals surface area (Å²) in [7, 11) is 0. The van der Waals surface area contributed by atoms with Gasteiger partial charge in [0.2, 0.25) is 5.91 Å². The van der Waals surface area contributed by atoms with Gasteiger partial charge in [0.25, 0.3) is 0 Å². The maximum atomic E-state index is 13.8. The molecule has 0 aliphatic heterocycles. The van der Waals surface area contributed by atoms with E-state index in [1.165, 1.54) is 6.92 Å². The van der Waals surface area contributed by atoms with Crippen LogP contribution in [0.2, 0.25) is 0 Å². The molecule has 0 saturated heterocycles. The molecule has 8 heteroatoms. The van der Waals surface area contributed by atoms with Crippen LogP contribution in [-0.2, 0) is 9.53 Å². The van der Waals surface area contributed by atoms with Gasteiger partial charge in [-0.25, -0.2) is 13.6 Å². The molecule has 1 atom stereocenters. The van der Waals surface area contributed by atoms with E-state index in [1.54, 1.807) is 20.8 Å². The molecule has 122 valence electrons. The Balaban J connectivity index is 2.69. The maximum Gasteiger partial charge on any atom is 0.408 e. The van der Waals surface area contributed by atoms with Crippen molar-refractivity contribution in [2.24, 2.45) is 0 Å². The molecule has 0 aliphatic rings. The summed E-state index contributed by atoms with van der Waals surface area (Å²) in [4.78, 5) is 23.5. The van der Waals surface area contributed by atoms with E-state index >= 15 is 0 Å². The van der Waals surface area contributed by atoms with Gasteiger partial charge < -0.3 is 15.4 Å². The number of carbonyl (C=O) groups is 2. The van der Waals surface area contributed by atoms with Crippen LogP contribution in [-0.4, -0.2) is 23.6 Å². The van der Waals surface area contributed by atoms with Crippen molar-refractivity contribution in [2.45, 2.75) is 39.3 Å². The largest absolute Gasteiger partial charge is 0.444 e. The van der Waals surface area contributed by atoms with Crippen LogP contribution in [0.15, 0.2) is 16.6 Å². The molecule has 2 amide bonds. The van der Waals surface area contributed by atoms with E-state index in [0.717, 1.165) is 12.1 Å². The Bertz CT molecular complexity index is 588. The predicted octanol–water partition coefficient (Wildman–Crippen LogP) is 3.58. The maximum absolute atomic E-state index is 13.8. The SMILES string of the molecule is C[C@H](NC(=O)OC(C)(C)C)C(=O)Nc1ccc(F)c(Br)c1F. The Labute approximate surface area is 135 Å². The molecular formula is C14H17BrF2N2O3. The zero-order valence-corrected chi connectivity index (χ0v) is 14.2. The van der Waals surface area contributed by atoms with Gasteiger partial charge in [0.05, 0.1) is 10.2 Å². The van der Waals surface area contributed by atoms with Crippen molar-refractivity contribution in [1.82, 2.24) is 5.32 Å². The van der Waals surface area contributed by atoms with Gasteiger partial charge in [-0.1, -0.05) is 0 Å². The van der Waals surface area contributed by atoms with Crippen molar-refractivity contribution in [3.63, 3.8) is 0 Å². The lowest BCUT2D eigenvalue weighted by Crippen LogP contribution is -2.44. The van der Waals surface area contributed by atoms with Gasteiger partial charge in [-0.3, -0.25) is 4.79 Å². The minimum Gasteiger partial charge on any atom is -0.444 e. The summed E-state index contributed by atoms with van der Waals surface area (Å²) in [6.07, 6.45) is -0.768. The molecule has 0 saturated carbocycles. The fourth-order valence-electron chi connectivity index (χ4n) is 1.41. The molecule has 1 aromatic rings. The third-order valence-corrected chi connectivity index (χ3v) is 3.15. The number of rotatable bonds is 3. The second-order valence-electron chi connectivity index (χ2n) is 5.58. The Kier molecular flexibility index (Phi) is 5.87. The highest BCUT2D eigenvalue weighted by Gasteiger charge is 2.22. The van der Waals surface area contributed by atoms with E-state index in [9.17, 15) is 18.4 Å². The van der Waals surface area contributed by atoms with Crippen LogP contribution in [0.25, 0.3) is 0 Å². The van der Waals surface area contributed by atoms with E-state index in [4.69, 9.17) is 4.74 Å². The molecule has 22 heavy (non-hydrogen) atoms. The number of hydrogen-bond acceptors (Lipinski definition) is 3. The van der Waals surface area contributed by atoms with Crippen molar-refractivity contribution in [2.75, 3.05) is 5.32 Å². The topological polar surface area (TPSA) is 67.4 Å². The van der Waals surface area contributed by atoms with Crippen molar-refractivity contribution in [1.29, 1.82) is 0 Å². The first kappa shape index (κ1) is 18.3. The standard InChI is InChI=1S/C14H17BrF2N2O3/c1-7(18-13(21)22-14(2,3)4)12(20)19-9-6-5-8(16)10(15)11(9)17/h5-7H,1-4H3,(H,18,21)(H,19,20)/t7-/m0/s1. The van der Waals surface area contributed by atoms with Gasteiger partial charge in [-0.05, 0) is 55.8 Å². The lowest BCUT2D eigenvalue weighted by atomic mass is 10.2. The number of hydrogen-bond donors (Lipinski definition) is 2. The van der Waals surface area contributed by atoms with Gasteiger partial charge >= 0.3 is 6.09 Å². The highest BCUT2D eigenvalue weighted by Crippen LogP contribution is 2.25. The number of benzene rings is 1. The fourth-order valence-corrected chi connectivity index (χ4v) is 1.76. The summed E-state index contributed by atoms with van der Waals surface area (Å²) in [6.45, 7) is 6.46. The molecule has 2 N–H and O–H groups in total. The molecule has 0 radical (unpaired) electrons. The zero-order valence-electron chi connectivity index (χ0n) is 12.6. The molecule has 0 unspecified atom stereocenters. The van der Waals surface area contributed by atoms with Crippen molar-refractivity contribution in [3.8, 4) is 0 Å². The minimum absolute atomic E-state index is 0.198. The molecule has 0 aliphatic carbocycles. The lowest BCUT2D eigenvalue weighted by molar-refractivity contribution is -0.117. The van der Waals surface area contributed by atoms with Crippen LogP contribution in [0, 0.1) is 11.6 Å². The summed E-state index contributed by atoms with van der Waals surface area (Å²) in [5.41, 5.74) is -0.898. The summed E-state index contributed by atoms with van der Waals surface area (Å²) in [5, 5.41) is 4.59. The molecule has 0 aromatic heterocycles. The molecule has 0 bridgehead atoms. The monoisotopic (exact) mass is 378 g/mol. The van der Waals surface area contributed by atoms with Crippen molar-refractivity contribution in [3.05, 3.63) is 28.2 Å². The molecule has 0 fully saturated rings. The van der Waals surface area contributed by atoms with Gasteiger partial charge in [-0.15, -0.1) is 0 Å². The van der Waals surface area contributed by atoms with E-state index in [1.807, 2.05) is 0 Å². The third kappa shape index (κ3) is 5.25. The molecule has 5 nitrogen and oxygen atoms in total. The van der Waals surface area contributed by atoms with E-state index in [-0.39, 0.29) is 10.2 Å². The highest BCUT2D eigenvalue weighted by molar-refractivity contribution is 9.10. The van der Waals surface area contributed by atoms with E-state index in [2.05, 4.69) is 26.6 Å². The number of alkyl carbamates (subject to hydrolysis) is 1. The van der Waals surface area contributed by atoms with Crippen LogP contribution < -0.4 is 10.6 Å². The number of halogens is 3. The summed E-state index contributed by atoms with van der Waals surface area (Å²) >= 11 is 2.74. The quantitative estimate of drug-likeness (QED) is 0.789. The number of nitrogens with one attached hydrogen (secondary N) is 2. The molecule has 1 aromatic carbocycles. The van der Waals surface area contributed by atoms with Crippen LogP contribution >= 0.6 is 15.9 Å². The smallest absolute Gasteiger partial charge is 0.408 e. The normalized spacial score (nSPS) is 12.5. The van der Waals surface area contributed by atoms with Crippen LogP contribution in [0.4, 0.5) is 19.3 Å². The van der Waals surface area contributed by atoms with Gasteiger partial charge in [0.15, 0.2) is 5.82 Å². The fraction of sp³-hybridized carbons (Fsp3) is 0.429. The van der Waals surface area contributed by atoms with Crippen LogP contribution in [0.3, 0.4) is 0 Å².